The number of hydrogen-bond acceptors (Lipinski definition) is 6. The Balaban J connectivity index is 1.48. The zero-order chi connectivity index (χ0) is 17.2. The van der Waals surface area contributed by atoms with Gasteiger partial charge in [0.25, 0.3) is 5.91 Å². The van der Waals surface area contributed by atoms with Crippen LogP contribution >= 0.6 is 22.7 Å². The zero-order valence-corrected chi connectivity index (χ0v) is 14.8. The normalized spacial score (nSPS) is 10.8. The molecule has 0 fully saturated rings. The lowest BCUT2D eigenvalue weighted by Gasteiger charge is -2.04. The molecule has 0 radical (unpaired) electrons. The smallest absolute Gasteiger partial charge is 0.257 e. The standard InChI is InChI=1S/C17H13N5OS2/c1-11-2-7-15(25-11)14-8-24-17(20-14)21-16(23)12-3-5-13(6-4-12)22-10-18-9-19-22/h2-10H,1H3,(H,20,21,23). The lowest BCUT2D eigenvalue weighted by molar-refractivity contribution is 0.102. The minimum Gasteiger partial charge on any atom is -0.298 e. The average Bonchev–Trinajstić information content (AvgIpc) is 3.36. The van der Waals surface area contributed by atoms with Gasteiger partial charge in [0.1, 0.15) is 12.7 Å². The van der Waals surface area contributed by atoms with E-state index in [2.05, 4.69) is 33.4 Å². The van der Waals surface area contributed by atoms with Gasteiger partial charge in [0, 0.05) is 15.8 Å². The van der Waals surface area contributed by atoms with Crippen LogP contribution in [0.25, 0.3) is 16.3 Å². The van der Waals surface area contributed by atoms with E-state index in [4.69, 9.17) is 0 Å². The first-order chi connectivity index (χ1) is 12.2. The maximum absolute atomic E-state index is 12.4. The molecule has 4 rings (SSSR count). The van der Waals surface area contributed by atoms with Gasteiger partial charge in [-0.05, 0) is 43.3 Å². The number of benzene rings is 1. The number of aromatic nitrogens is 4. The molecule has 25 heavy (non-hydrogen) atoms. The second-order valence-electron chi connectivity index (χ2n) is 5.29. The summed E-state index contributed by atoms with van der Waals surface area (Å²) in [6, 6.07) is 11.3. The highest BCUT2D eigenvalue weighted by molar-refractivity contribution is 7.17. The summed E-state index contributed by atoms with van der Waals surface area (Å²) in [5.74, 6) is -0.187. The van der Waals surface area contributed by atoms with Crippen molar-refractivity contribution >= 4 is 33.7 Å². The number of anilines is 1. The number of thiophene rings is 1. The predicted molar refractivity (Wildman–Crippen MR) is 99.5 cm³/mol. The molecule has 6 nitrogen and oxygen atoms in total. The maximum Gasteiger partial charge on any atom is 0.257 e. The van der Waals surface area contributed by atoms with E-state index in [1.807, 2.05) is 23.6 Å². The van der Waals surface area contributed by atoms with E-state index in [1.54, 1.807) is 34.5 Å². The van der Waals surface area contributed by atoms with E-state index in [0.717, 1.165) is 16.3 Å². The van der Waals surface area contributed by atoms with Crippen LogP contribution in [0.3, 0.4) is 0 Å². The predicted octanol–water partition coefficient (Wildman–Crippen LogP) is 4.01. The van der Waals surface area contributed by atoms with Crippen molar-refractivity contribution < 1.29 is 4.79 Å². The van der Waals surface area contributed by atoms with Crippen LogP contribution in [0.1, 0.15) is 15.2 Å². The van der Waals surface area contributed by atoms with Crippen molar-refractivity contribution in [2.45, 2.75) is 6.92 Å². The van der Waals surface area contributed by atoms with E-state index < -0.39 is 0 Å². The van der Waals surface area contributed by atoms with Crippen LogP contribution in [0.5, 0.6) is 0 Å². The number of rotatable bonds is 4. The van der Waals surface area contributed by atoms with Gasteiger partial charge in [0.2, 0.25) is 0 Å². The van der Waals surface area contributed by atoms with Crippen molar-refractivity contribution in [3.8, 4) is 16.3 Å². The molecule has 3 heterocycles. The fourth-order valence-corrected chi connectivity index (χ4v) is 3.90. The molecule has 0 spiro atoms. The van der Waals surface area contributed by atoms with Crippen molar-refractivity contribution in [3.05, 3.63) is 64.9 Å². The quantitative estimate of drug-likeness (QED) is 0.591. The van der Waals surface area contributed by atoms with Crippen LogP contribution in [0, 0.1) is 6.92 Å². The summed E-state index contributed by atoms with van der Waals surface area (Å²) >= 11 is 3.11. The van der Waals surface area contributed by atoms with E-state index in [1.165, 1.54) is 22.5 Å². The van der Waals surface area contributed by atoms with Gasteiger partial charge in [0.05, 0.1) is 16.3 Å². The number of amides is 1. The molecule has 4 aromatic rings. The highest BCUT2D eigenvalue weighted by atomic mass is 32.1. The Kier molecular flexibility index (Phi) is 4.12. The van der Waals surface area contributed by atoms with Gasteiger partial charge in [-0.2, -0.15) is 5.10 Å². The van der Waals surface area contributed by atoms with Crippen LogP contribution in [0.15, 0.2) is 54.4 Å². The summed E-state index contributed by atoms with van der Waals surface area (Å²) in [6.45, 7) is 2.06. The lowest BCUT2D eigenvalue weighted by atomic mass is 10.2. The highest BCUT2D eigenvalue weighted by Crippen LogP contribution is 2.30. The molecule has 1 amide bonds. The molecule has 3 aromatic heterocycles. The fourth-order valence-electron chi connectivity index (χ4n) is 2.29. The summed E-state index contributed by atoms with van der Waals surface area (Å²) < 4.78 is 1.64. The lowest BCUT2D eigenvalue weighted by Crippen LogP contribution is -2.11. The molecule has 0 unspecified atom stereocenters. The molecular formula is C17H13N5OS2. The molecule has 0 aliphatic heterocycles. The number of carbonyl (C=O) groups is 1. The Morgan fingerprint density at radius 2 is 2.00 bits per heavy atom. The van der Waals surface area contributed by atoms with Gasteiger partial charge in [-0.1, -0.05) is 0 Å². The number of thiazole rings is 1. The van der Waals surface area contributed by atoms with Crippen LogP contribution in [0.2, 0.25) is 0 Å². The van der Waals surface area contributed by atoms with Crippen LogP contribution < -0.4 is 5.32 Å². The van der Waals surface area contributed by atoms with Crippen molar-refractivity contribution in [1.82, 2.24) is 19.7 Å². The molecule has 124 valence electrons. The second kappa shape index (κ2) is 6.58. The third kappa shape index (κ3) is 3.35. The number of aryl methyl sites for hydroxylation is 1. The second-order valence-corrected chi connectivity index (χ2v) is 7.44. The number of hydrogen-bond donors (Lipinski definition) is 1. The van der Waals surface area contributed by atoms with Gasteiger partial charge >= 0.3 is 0 Å². The average molecular weight is 367 g/mol. The Morgan fingerprint density at radius 1 is 1.16 bits per heavy atom. The number of nitrogens with zero attached hydrogens (tertiary/aromatic N) is 4. The first kappa shape index (κ1) is 15.7. The van der Waals surface area contributed by atoms with E-state index in [9.17, 15) is 4.79 Å². The van der Waals surface area contributed by atoms with E-state index >= 15 is 0 Å². The van der Waals surface area contributed by atoms with Crippen molar-refractivity contribution in [2.24, 2.45) is 0 Å². The van der Waals surface area contributed by atoms with Gasteiger partial charge in [-0.3, -0.25) is 10.1 Å². The maximum atomic E-state index is 12.4. The Labute approximate surface area is 151 Å². The summed E-state index contributed by atoms with van der Waals surface area (Å²) in [4.78, 5) is 23.1. The summed E-state index contributed by atoms with van der Waals surface area (Å²) in [6.07, 6.45) is 3.08. The molecule has 0 atom stereocenters. The first-order valence-electron chi connectivity index (χ1n) is 7.48. The Hall–Kier alpha value is -2.84. The summed E-state index contributed by atoms with van der Waals surface area (Å²) in [5.41, 5.74) is 2.30. The van der Waals surface area contributed by atoms with Gasteiger partial charge in [-0.25, -0.2) is 14.6 Å². The van der Waals surface area contributed by atoms with Crippen LogP contribution in [0.4, 0.5) is 5.13 Å². The molecule has 1 N–H and O–H groups in total. The number of carbonyl (C=O) groups excluding carboxylic acids is 1. The summed E-state index contributed by atoms with van der Waals surface area (Å²) in [5, 5.41) is 9.45. The zero-order valence-electron chi connectivity index (χ0n) is 13.2. The minimum absolute atomic E-state index is 0.187. The van der Waals surface area contributed by atoms with Gasteiger partial charge in [0.15, 0.2) is 5.13 Å². The SMILES string of the molecule is Cc1ccc(-c2csc(NC(=O)c3ccc(-n4cncn4)cc3)n2)s1. The molecule has 8 heteroatoms. The van der Waals surface area contributed by atoms with Crippen LogP contribution in [-0.2, 0) is 0 Å². The molecule has 0 bridgehead atoms. The molecular weight excluding hydrogens is 354 g/mol. The topological polar surface area (TPSA) is 72.7 Å². The molecule has 0 aliphatic rings. The fraction of sp³-hybridized carbons (Fsp3) is 0.0588. The monoisotopic (exact) mass is 367 g/mol. The van der Waals surface area contributed by atoms with E-state index in [0.29, 0.717) is 10.7 Å². The third-order valence-corrected chi connectivity index (χ3v) is 5.31. The number of nitrogens with one attached hydrogen (secondary N) is 1. The van der Waals surface area contributed by atoms with Gasteiger partial charge in [-0.15, -0.1) is 22.7 Å². The Bertz CT molecular complexity index is 1000. The van der Waals surface area contributed by atoms with E-state index in [-0.39, 0.29) is 5.91 Å². The van der Waals surface area contributed by atoms with Crippen LogP contribution in [-0.4, -0.2) is 25.7 Å². The van der Waals surface area contributed by atoms with Gasteiger partial charge < -0.3 is 0 Å². The summed E-state index contributed by atoms with van der Waals surface area (Å²) in [7, 11) is 0. The van der Waals surface area contributed by atoms with Crippen molar-refractivity contribution in [2.75, 3.05) is 5.32 Å². The molecule has 1 aromatic carbocycles. The molecule has 0 saturated carbocycles. The molecule has 0 aliphatic carbocycles. The Morgan fingerprint density at radius 3 is 2.68 bits per heavy atom. The highest BCUT2D eigenvalue weighted by Gasteiger charge is 2.11. The minimum atomic E-state index is -0.187. The third-order valence-electron chi connectivity index (χ3n) is 3.53. The van der Waals surface area contributed by atoms with Crippen molar-refractivity contribution in [1.29, 1.82) is 0 Å². The van der Waals surface area contributed by atoms with Crippen molar-refractivity contribution in [3.63, 3.8) is 0 Å². The first-order valence-corrected chi connectivity index (χ1v) is 9.17. The molecule has 0 saturated heterocycles. The largest absolute Gasteiger partial charge is 0.298 e.